The summed E-state index contributed by atoms with van der Waals surface area (Å²) in [6.07, 6.45) is 3.99. The van der Waals surface area contributed by atoms with Crippen molar-refractivity contribution in [3.8, 4) is 11.5 Å². The van der Waals surface area contributed by atoms with E-state index in [1.807, 2.05) is 54.6 Å². The van der Waals surface area contributed by atoms with Gasteiger partial charge in [0.2, 0.25) is 5.91 Å². The molecule has 1 saturated carbocycles. The highest BCUT2D eigenvalue weighted by Crippen LogP contribution is 2.32. The number of ether oxygens (including phenoxy) is 3. The molecule has 0 spiro atoms. The van der Waals surface area contributed by atoms with Crippen molar-refractivity contribution in [2.24, 2.45) is 5.92 Å². The fourth-order valence-corrected chi connectivity index (χ4v) is 4.29. The number of fused-ring (bicyclic) bond motifs is 1. The molecular weight excluding hydrogens is 444 g/mol. The molecule has 3 aromatic rings. The second-order valence-electron chi connectivity index (χ2n) is 9.12. The Balaban J connectivity index is 1.29. The fourth-order valence-electron chi connectivity index (χ4n) is 4.29. The van der Waals surface area contributed by atoms with Gasteiger partial charge in [0.1, 0.15) is 6.61 Å². The number of carbonyl (C=O) groups excluding carboxylic acids is 2. The van der Waals surface area contributed by atoms with E-state index in [4.69, 9.17) is 14.2 Å². The van der Waals surface area contributed by atoms with Gasteiger partial charge in [0.25, 0.3) is 5.91 Å². The molecular formula is C28H30N2O5. The van der Waals surface area contributed by atoms with Gasteiger partial charge in [0, 0.05) is 19.1 Å². The van der Waals surface area contributed by atoms with Crippen LogP contribution >= 0.6 is 0 Å². The zero-order valence-electron chi connectivity index (χ0n) is 19.8. The second kappa shape index (κ2) is 10.4. The minimum atomic E-state index is -0.250. The third kappa shape index (κ3) is 5.57. The number of hydrogen-bond donors (Lipinski definition) is 2. The fraction of sp³-hybridized carbons (Fsp3) is 0.357. The number of rotatable bonds is 9. The van der Waals surface area contributed by atoms with Crippen molar-refractivity contribution in [2.45, 2.75) is 38.3 Å². The number of anilines is 1. The average Bonchev–Trinajstić information content (AvgIpc) is 3.61. The lowest BCUT2D eigenvalue weighted by Gasteiger charge is -2.16. The van der Waals surface area contributed by atoms with E-state index in [1.165, 1.54) is 0 Å². The smallest absolute Gasteiger partial charge is 0.253 e. The van der Waals surface area contributed by atoms with E-state index in [1.54, 1.807) is 7.11 Å². The van der Waals surface area contributed by atoms with Crippen LogP contribution in [0, 0.1) is 5.92 Å². The molecule has 7 nitrogen and oxygen atoms in total. The molecule has 7 heteroatoms. The summed E-state index contributed by atoms with van der Waals surface area (Å²) in [5, 5.41) is 7.85. The quantitative estimate of drug-likeness (QED) is 0.470. The molecule has 1 saturated heterocycles. The van der Waals surface area contributed by atoms with E-state index in [2.05, 4.69) is 10.6 Å². The highest BCUT2D eigenvalue weighted by molar-refractivity contribution is 6.08. The normalized spacial score (nSPS) is 17.2. The molecule has 5 rings (SSSR count). The monoisotopic (exact) mass is 474 g/mol. The third-order valence-electron chi connectivity index (χ3n) is 6.47. The Hall–Kier alpha value is -3.58. The lowest BCUT2D eigenvalue weighted by Crippen LogP contribution is -2.25. The Morgan fingerprint density at radius 1 is 1.00 bits per heavy atom. The van der Waals surface area contributed by atoms with Crippen molar-refractivity contribution >= 4 is 28.3 Å². The molecule has 3 aromatic carbocycles. The van der Waals surface area contributed by atoms with E-state index in [0.29, 0.717) is 35.9 Å². The lowest BCUT2D eigenvalue weighted by molar-refractivity contribution is -0.117. The standard InChI is InChI=1S/C28H30N2O5/c1-33-26-13-18(8-11-25(26)35-17-22-7-4-12-34-22)16-29-28(32)23-14-20-5-2-3-6-21(20)15-24(23)30-27(31)19-9-10-19/h2-3,5-6,8,11,13-15,19,22H,4,7,9-10,12,16-17H2,1H3,(H,29,32)(H,30,31). The lowest BCUT2D eigenvalue weighted by atomic mass is 10.0. The molecule has 182 valence electrons. The number of carbonyl (C=O) groups is 2. The van der Waals surface area contributed by atoms with Gasteiger partial charge in [-0.3, -0.25) is 9.59 Å². The van der Waals surface area contributed by atoms with Crippen LogP contribution in [-0.4, -0.2) is 38.2 Å². The maximum absolute atomic E-state index is 13.2. The first-order valence-electron chi connectivity index (χ1n) is 12.1. The Morgan fingerprint density at radius 3 is 2.51 bits per heavy atom. The minimum absolute atomic E-state index is 0.0299. The maximum atomic E-state index is 13.2. The van der Waals surface area contributed by atoms with Gasteiger partial charge in [-0.1, -0.05) is 30.3 Å². The minimum Gasteiger partial charge on any atom is -0.493 e. The third-order valence-corrected chi connectivity index (χ3v) is 6.47. The maximum Gasteiger partial charge on any atom is 0.253 e. The SMILES string of the molecule is COc1cc(CNC(=O)c2cc3ccccc3cc2NC(=O)C2CC2)ccc1OCC1CCCO1. The van der Waals surface area contributed by atoms with E-state index >= 15 is 0 Å². The van der Waals surface area contributed by atoms with Crippen molar-refractivity contribution in [2.75, 3.05) is 25.6 Å². The summed E-state index contributed by atoms with van der Waals surface area (Å²) in [6.45, 7) is 1.58. The van der Waals surface area contributed by atoms with Crippen LogP contribution in [0.1, 0.15) is 41.6 Å². The second-order valence-corrected chi connectivity index (χ2v) is 9.12. The molecule has 0 bridgehead atoms. The summed E-state index contributed by atoms with van der Waals surface area (Å²) in [5.41, 5.74) is 1.86. The van der Waals surface area contributed by atoms with Gasteiger partial charge in [-0.05, 0) is 66.3 Å². The van der Waals surface area contributed by atoms with Gasteiger partial charge < -0.3 is 24.8 Å². The first-order valence-corrected chi connectivity index (χ1v) is 12.1. The molecule has 1 unspecified atom stereocenters. The Bertz CT molecular complexity index is 1230. The first kappa shape index (κ1) is 23.2. The van der Waals surface area contributed by atoms with Crippen LogP contribution in [0.25, 0.3) is 10.8 Å². The summed E-state index contributed by atoms with van der Waals surface area (Å²) in [4.78, 5) is 25.6. The van der Waals surface area contributed by atoms with Crippen molar-refractivity contribution < 1.29 is 23.8 Å². The van der Waals surface area contributed by atoms with Crippen LogP contribution in [0.15, 0.2) is 54.6 Å². The zero-order chi connectivity index (χ0) is 24.2. The number of hydrogen-bond acceptors (Lipinski definition) is 5. The summed E-state index contributed by atoms with van der Waals surface area (Å²) in [7, 11) is 1.60. The van der Waals surface area contributed by atoms with Gasteiger partial charge >= 0.3 is 0 Å². The van der Waals surface area contributed by atoms with E-state index < -0.39 is 0 Å². The van der Waals surface area contributed by atoms with Gasteiger partial charge in [0.05, 0.1) is 24.5 Å². The summed E-state index contributed by atoms with van der Waals surface area (Å²) in [6, 6.07) is 17.1. The van der Waals surface area contributed by atoms with E-state index in [9.17, 15) is 9.59 Å². The predicted octanol–water partition coefficient (Wildman–Crippen LogP) is 4.68. The topological polar surface area (TPSA) is 85.9 Å². The Morgan fingerprint density at radius 2 is 1.80 bits per heavy atom. The van der Waals surface area contributed by atoms with Crippen LogP contribution in [0.5, 0.6) is 11.5 Å². The average molecular weight is 475 g/mol. The van der Waals surface area contributed by atoms with Crippen molar-refractivity contribution in [3.05, 3.63) is 65.7 Å². The molecule has 0 aromatic heterocycles. The van der Waals surface area contributed by atoms with E-state index in [0.717, 1.165) is 48.6 Å². The van der Waals surface area contributed by atoms with Crippen LogP contribution in [-0.2, 0) is 16.1 Å². The number of benzene rings is 3. The zero-order valence-corrected chi connectivity index (χ0v) is 19.8. The van der Waals surface area contributed by atoms with Gasteiger partial charge in [-0.25, -0.2) is 0 Å². The highest BCUT2D eigenvalue weighted by Gasteiger charge is 2.30. The van der Waals surface area contributed by atoms with Crippen LogP contribution in [0.3, 0.4) is 0 Å². The van der Waals surface area contributed by atoms with Crippen molar-refractivity contribution in [1.82, 2.24) is 5.32 Å². The Labute approximate surface area is 204 Å². The van der Waals surface area contributed by atoms with Gasteiger partial charge in [-0.2, -0.15) is 0 Å². The molecule has 1 aliphatic heterocycles. The molecule has 2 N–H and O–H groups in total. The van der Waals surface area contributed by atoms with Crippen LogP contribution in [0.2, 0.25) is 0 Å². The highest BCUT2D eigenvalue weighted by atomic mass is 16.5. The summed E-state index contributed by atoms with van der Waals surface area (Å²) < 4.78 is 17.0. The molecule has 1 atom stereocenters. The van der Waals surface area contributed by atoms with E-state index in [-0.39, 0.29) is 23.8 Å². The van der Waals surface area contributed by atoms with Gasteiger partial charge in [0.15, 0.2) is 11.5 Å². The largest absolute Gasteiger partial charge is 0.493 e. The molecule has 2 fully saturated rings. The molecule has 0 radical (unpaired) electrons. The number of amides is 2. The first-order chi connectivity index (χ1) is 17.1. The molecule has 2 amide bonds. The molecule has 35 heavy (non-hydrogen) atoms. The van der Waals surface area contributed by atoms with Crippen molar-refractivity contribution in [3.63, 3.8) is 0 Å². The summed E-state index contributed by atoms with van der Waals surface area (Å²) >= 11 is 0. The number of nitrogens with one attached hydrogen (secondary N) is 2. The van der Waals surface area contributed by atoms with Crippen LogP contribution < -0.4 is 20.1 Å². The van der Waals surface area contributed by atoms with Crippen LogP contribution in [0.4, 0.5) is 5.69 Å². The molecule has 2 aliphatic rings. The molecule has 1 heterocycles. The van der Waals surface area contributed by atoms with Gasteiger partial charge in [-0.15, -0.1) is 0 Å². The predicted molar refractivity (Wildman–Crippen MR) is 134 cm³/mol. The molecule has 1 aliphatic carbocycles. The van der Waals surface area contributed by atoms with Crippen molar-refractivity contribution in [1.29, 1.82) is 0 Å². The number of methoxy groups -OCH3 is 1. The Kier molecular flexibility index (Phi) is 6.86. The summed E-state index contributed by atoms with van der Waals surface area (Å²) in [5.74, 6) is 1.03.